The van der Waals surface area contributed by atoms with Crippen LogP contribution >= 0.6 is 11.6 Å². The van der Waals surface area contributed by atoms with Gasteiger partial charge in [-0.1, -0.05) is 18.5 Å². The van der Waals surface area contributed by atoms with E-state index in [-0.39, 0.29) is 16.6 Å². The number of Topliss-reactive ketones (excluding diaryl/α,β-unsaturated/α-hetero) is 1. The molecule has 3 heterocycles. The van der Waals surface area contributed by atoms with E-state index >= 15 is 0 Å². The molecule has 0 saturated heterocycles. The number of ether oxygens (including phenoxy) is 1. The largest absolute Gasteiger partial charge is 0.464 e. The van der Waals surface area contributed by atoms with E-state index in [1.807, 2.05) is 6.92 Å². The highest BCUT2D eigenvalue weighted by Crippen LogP contribution is 2.30. The minimum Gasteiger partial charge on any atom is -0.464 e. The summed E-state index contributed by atoms with van der Waals surface area (Å²) in [5.41, 5.74) is 3.16. The molecule has 0 amide bonds. The molecule has 0 unspecified atom stereocenters. The molecule has 0 aliphatic carbocycles. The summed E-state index contributed by atoms with van der Waals surface area (Å²) >= 11 is 5.92. The summed E-state index contributed by atoms with van der Waals surface area (Å²) in [4.78, 5) is 36.8. The average molecular weight is 370 g/mol. The molecular formula is C19H16ClN3O3. The van der Waals surface area contributed by atoms with Crippen molar-refractivity contribution in [2.24, 2.45) is 0 Å². The third-order valence-corrected chi connectivity index (χ3v) is 4.26. The number of hydrogen-bond donors (Lipinski definition) is 0. The lowest BCUT2D eigenvalue weighted by atomic mass is 9.98. The number of aromatic nitrogens is 3. The lowest BCUT2D eigenvalue weighted by molar-refractivity contribution is 0.0595. The van der Waals surface area contributed by atoms with Crippen LogP contribution in [0.3, 0.4) is 0 Å². The van der Waals surface area contributed by atoms with Crippen LogP contribution in [0, 0.1) is 6.92 Å². The van der Waals surface area contributed by atoms with Crippen molar-refractivity contribution in [3.8, 4) is 11.1 Å². The Bertz CT molecular complexity index is 1030. The first-order chi connectivity index (χ1) is 12.4. The number of carbonyl (C=O) groups excluding carboxylic acids is 2. The van der Waals surface area contributed by atoms with Crippen molar-refractivity contribution in [1.82, 2.24) is 15.0 Å². The molecule has 0 saturated carbocycles. The zero-order chi connectivity index (χ0) is 18.8. The molecule has 6 nitrogen and oxygen atoms in total. The van der Waals surface area contributed by atoms with Gasteiger partial charge >= 0.3 is 5.97 Å². The second-order valence-electron chi connectivity index (χ2n) is 5.74. The quantitative estimate of drug-likeness (QED) is 0.392. The first kappa shape index (κ1) is 17.9. The van der Waals surface area contributed by atoms with Gasteiger partial charge in [0.15, 0.2) is 11.5 Å². The Morgan fingerprint density at radius 1 is 1.12 bits per heavy atom. The lowest BCUT2D eigenvalue weighted by Crippen LogP contribution is -2.08. The van der Waals surface area contributed by atoms with Crippen LogP contribution in [0.2, 0.25) is 5.15 Å². The summed E-state index contributed by atoms with van der Waals surface area (Å²) in [5, 5.41) is 1.01. The molecule has 3 aromatic rings. The smallest absolute Gasteiger partial charge is 0.357 e. The monoisotopic (exact) mass is 369 g/mol. The van der Waals surface area contributed by atoms with Crippen molar-refractivity contribution in [1.29, 1.82) is 0 Å². The van der Waals surface area contributed by atoms with E-state index < -0.39 is 5.97 Å². The zero-order valence-corrected chi connectivity index (χ0v) is 15.3. The maximum atomic E-state index is 12.3. The number of carbonyl (C=O) groups is 2. The van der Waals surface area contributed by atoms with Gasteiger partial charge in [-0.3, -0.25) is 9.78 Å². The van der Waals surface area contributed by atoms with Crippen molar-refractivity contribution in [3.05, 3.63) is 52.7 Å². The third-order valence-electron chi connectivity index (χ3n) is 4.05. The summed E-state index contributed by atoms with van der Waals surface area (Å²) in [6, 6.07) is 5.09. The molecule has 0 atom stereocenters. The fourth-order valence-corrected chi connectivity index (χ4v) is 2.82. The van der Waals surface area contributed by atoms with Crippen LogP contribution in [0.1, 0.15) is 39.9 Å². The van der Waals surface area contributed by atoms with Crippen molar-refractivity contribution in [2.75, 3.05) is 7.11 Å². The Labute approximate surface area is 155 Å². The first-order valence-electron chi connectivity index (χ1n) is 7.99. The van der Waals surface area contributed by atoms with Gasteiger partial charge in [0.25, 0.3) is 0 Å². The highest BCUT2D eigenvalue weighted by atomic mass is 35.5. The predicted molar refractivity (Wildman–Crippen MR) is 98.5 cm³/mol. The molecule has 3 aromatic heterocycles. The van der Waals surface area contributed by atoms with Crippen LogP contribution in [-0.2, 0) is 4.74 Å². The summed E-state index contributed by atoms with van der Waals surface area (Å²) in [6.45, 7) is 3.64. The summed E-state index contributed by atoms with van der Waals surface area (Å²) in [7, 11) is 1.30. The fraction of sp³-hybridized carbons (Fsp3) is 0.211. The Hall–Kier alpha value is -2.86. The van der Waals surface area contributed by atoms with Gasteiger partial charge in [0.2, 0.25) is 0 Å². The van der Waals surface area contributed by atoms with E-state index in [2.05, 4.69) is 15.0 Å². The van der Waals surface area contributed by atoms with Gasteiger partial charge in [0.1, 0.15) is 10.8 Å². The summed E-state index contributed by atoms with van der Waals surface area (Å²) < 4.78 is 4.87. The maximum absolute atomic E-state index is 12.3. The molecule has 0 bridgehead atoms. The van der Waals surface area contributed by atoms with E-state index in [0.29, 0.717) is 28.8 Å². The van der Waals surface area contributed by atoms with Gasteiger partial charge in [-0.25, -0.2) is 14.8 Å². The van der Waals surface area contributed by atoms with Crippen LogP contribution < -0.4 is 0 Å². The topological polar surface area (TPSA) is 82.0 Å². The minimum absolute atomic E-state index is 0.0386. The molecule has 0 aliphatic rings. The normalized spacial score (nSPS) is 10.8. The number of aryl methyl sites for hydroxylation is 1. The second-order valence-corrected chi connectivity index (χ2v) is 6.12. The Morgan fingerprint density at radius 2 is 1.88 bits per heavy atom. The van der Waals surface area contributed by atoms with Crippen LogP contribution in [0.25, 0.3) is 22.0 Å². The number of esters is 1. The fourth-order valence-electron chi connectivity index (χ4n) is 2.67. The molecule has 0 spiro atoms. The number of nitrogens with zero attached hydrogens (tertiary/aromatic N) is 3. The molecule has 7 heteroatoms. The molecular weight excluding hydrogens is 354 g/mol. The maximum Gasteiger partial charge on any atom is 0.357 e. The van der Waals surface area contributed by atoms with Crippen molar-refractivity contribution >= 4 is 34.3 Å². The number of methoxy groups -OCH3 is 1. The molecule has 132 valence electrons. The van der Waals surface area contributed by atoms with Crippen LogP contribution in [0.5, 0.6) is 0 Å². The lowest BCUT2D eigenvalue weighted by Gasteiger charge is -2.12. The van der Waals surface area contributed by atoms with E-state index in [1.54, 1.807) is 37.5 Å². The van der Waals surface area contributed by atoms with Crippen LogP contribution in [0.4, 0.5) is 0 Å². The van der Waals surface area contributed by atoms with E-state index in [1.165, 1.54) is 7.11 Å². The predicted octanol–water partition coefficient (Wildman–Crippen LogP) is 4.03. The SMILES string of the molecule is CCC(=O)c1cc(C)c(-c2cc3cnc(Cl)cc3nc2C(=O)OC)cn1. The van der Waals surface area contributed by atoms with Crippen molar-refractivity contribution in [2.45, 2.75) is 20.3 Å². The second kappa shape index (κ2) is 7.17. The third kappa shape index (κ3) is 3.28. The van der Waals surface area contributed by atoms with Crippen molar-refractivity contribution in [3.63, 3.8) is 0 Å². The standard InChI is InChI=1S/C19H16ClN3O3/c1-4-16(24)15-5-10(2)13(9-21-15)12-6-11-8-22-17(20)7-14(11)23-18(12)19(25)26-3/h5-9H,4H2,1-3H3. The molecule has 0 N–H and O–H groups in total. The molecule has 0 fully saturated rings. The zero-order valence-electron chi connectivity index (χ0n) is 14.5. The van der Waals surface area contributed by atoms with E-state index in [0.717, 1.165) is 10.9 Å². The van der Waals surface area contributed by atoms with Gasteiger partial charge < -0.3 is 4.74 Å². The number of halogens is 1. The Morgan fingerprint density at radius 3 is 2.54 bits per heavy atom. The molecule has 0 aliphatic heterocycles. The van der Waals surface area contributed by atoms with Gasteiger partial charge in [0, 0.05) is 41.4 Å². The molecule has 26 heavy (non-hydrogen) atoms. The summed E-state index contributed by atoms with van der Waals surface area (Å²) in [5.74, 6) is -0.605. The van der Waals surface area contributed by atoms with Crippen LogP contribution in [0.15, 0.2) is 30.6 Å². The Kier molecular flexibility index (Phi) is 4.95. The van der Waals surface area contributed by atoms with E-state index in [9.17, 15) is 9.59 Å². The molecule has 0 radical (unpaired) electrons. The van der Waals surface area contributed by atoms with Gasteiger partial charge in [-0.2, -0.15) is 0 Å². The number of pyridine rings is 3. The number of ketones is 1. The number of hydrogen-bond acceptors (Lipinski definition) is 6. The highest BCUT2D eigenvalue weighted by molar-refractivity contribution is 6.30. The van der Waals surface area contributed by atoms with Gasteiger partial charge in [0.05, 0.1) is 12.6 Å². The van der Waals surface area contributed by atoms with Crippen molar-refractivity contribution < 1.29 is 14.3 Å². The van der Waals surface area contributed by atoms with Gasteiger partial charge in [-0.15, -0.1) is 0 Å². The minimum atomic E-state index is -0.567. The number of fused-ring (bicyclic) bond motifs is 1. The first-order valence-corrected chi connectivity index (χ1v) is 8.37. The summed E-state index contributed by atoms with van der Waals surface area (Å²) in [6.07, 6.45) is 3.55. The molecule has 0 aromatic carbocycles. The number of rotatable bonds is 4. The average Bonchev–Trinajstić information content (AvgIpc) is 2.65. The highest BCUT2D eigenvalue weighted by Gasteiger charge is 2.19. The Balaban J connectivity index is 2.24. The van der Waals surface area contributed by atoms with Crippen LogP contribution in [-0.4, -0.2) is 33.8 Å². The van der Waals surface area contributed by atoms with Gasteiger partial charge in [-0.05, 0) is 24.6 Å². The van der Waals surface area contributed by atoms with E-state index in [4.69, 9.17) is 16.3 Å². The molecule has 3 rings (SSSR count).